The van der Waals surface area contributed by atoms with Gasteiger partial charge >= 0.3 is 0 Å². The van der Waals surface area contributed by atoms with Gasteiger partial charge in [-0.1, -0.05) is 30.8 Å². The van der Waals surface area contributed by atoms with Crippen LogP contribution in [0, 0.1) is 0 Å². The van der Waals surface area contributed by atoms with Crippen molar-refractivity contribution in [1.82, 2.24) is 0 Å². The van der Waals surface area contributed by atoms with Crippen LogP contribution in [0.25, 0.3) is 0 Å². The maximum absolute atomic E-state index is 10.7. The summed E-state index contributed by atoms with van der Waals surface area (Å²) in [5.41, 5.74) is 1.31. The zero-order valence-electron chi connectivity index (χ0n) is 7.33. The number of carbonyl (C=O) groups is 1. The summed E-state index contributed by atoms with van der Waals surface area (Å²) < 4.78 is 0. The van der Waals surface area contributed by atoms with Crippen LogP contribution < -0.4 is 0 Å². The molecule has 0 saturated carbocycles. The van der Waals surface area contributed by atoms with Gasteiger partial charge in [0, 0.05) is 11.8 Å². The molecule has 12 heavy (non-hydrogen) atoms. The zero-order valence-corrected chi connectivity index (χ0v) is 8.15. The summed E-state index contributed by atoms with van der Waals surface area (Å²) in [6.07, 6.45) is 1.05. The molecule has 0 fully saturated rings. The summed E-state index contributed by atoms with van der Waals surface area (Å²) in [5.74, 6) is 0. The largest absolute Gasteiger partial charge is 0.287 e. The van der Waals surface area contributed by atoms with Crippen molar-refractivity contribution in [1.29, 1.82) is 0 Å². The smallest absolute Gasteiger partial charge is 0.190 e. The molecule has 0 unspecified atom stereocenters. The van der Waals surface area contributed by atoms with Gasteiger partial charge in [-0.05, 0) is 24.1 Å². The first-order valence-corrected chi connectivity index (χ1v) is 4.81. The van der Waals surface area contributed by atoms with E-state index in [4.69, 9.17) is 0 Å². The number of carbonyl (C=O) groups excluding carboxylic acids is 1. The van der Waals surface area contributed by atoms with Crippen molar-refractivity contribution in [2.75, 3.05) is 0 Å². The van der Waals surface area contributed by atoms with Crippen molar-refractivity contribution in [2.45, 2.75) is 25.2 Å². The summed E-state index contributed by atoms with van der Waals surface area (Å²) in [6.45, 7) is 3.70. The minimum absolute atomic E-state index is 0.138. The van der Waals surface area contributed by atoms with E-state index in [9.17, 15) is 4.79 Å². The molecule has 0 aromatic heterocycles. The van der Waals surface area contributed by atoms with Gasteiger partial charge in [-0.2, -0.15) is 0 Å². The number of hydrogen-bond donors (Lipinski definition) is 0. The van der Waals surface area contributed by atoms with Crippen molar-refractivity contribution in [3.8, 4) is 0 Å². The van der Waals surface area contributed by atoms with Crippen LogP contribution in [0.2, 0.25) is 0 Å². The lowest BCUT2D eigenvalue weighted by molar-refractivity contribution is -0.109. The lowest BCUT2D eigenvalue weighted by atomic mass is 10.2. The minimum Gasteiger partial charge on any atom is -0.287 e. The van der Waals surface area contributed by atoms with E-state index in [1.54, 1.807) is 6.92 Å². The molecule has 0 radical (unpaired) electrons. The number of aryl methyl sites for hydroxylation is 1. The van der Waals surface area contributed by atoms with E-state index >= 15 is 0 Å². The number of rotatable bonds is 2. The molecule has 1 nitrogen and oxygen atoms in total. The van der Waals surface area contributed by atoms with Gasteiger partial charge in [-0.15, -0.1) is 0 Å². The highest BCUT2D eigenvalue weighted by Gasteiger charge is 1.97. The van der Waals surface area contributed by atoms with Gasteiger partial charge in [-0.25, -0.2) is 0 Å². The Balaban J connectivity index is 2.71. The van der Waals surface area contributed by atoms with Gasteiger partial charge in [-0.3, -0.25) is 4.79 Å². The summed E-state index contributed by atoms with van der Waals surface area (Å²) >= 11 is 1.28. The highest BCUT2D eigenvalue weighted by atomic mass is 32.2. The van der Waals surface area contributed by atoms with E-state index in [0.717, 1.165) is 11.3 Å². The molecule has 0 heterocycles. The predicted octanol–water partition coefficient (Wildman–Crippen LogP) is 2.89. The van der Waals surface area contributed by atoms with Crippen LogP contribution in [0.4, 0.5) is 0 Å². The number of hydrogen-bond acceptors (Lipinski definition) is 2. The quantitative estimate of drug-likeness (QED) is 0.651. The Bertz CT molecular complexity index is 264. The third-order valence-corrected chi connectivity index (χ3v) is 2.39. The Kier molecular flexibility index (Phi) is 3.35. The second-order valence-corrected chi connectivity index (χ2v) is 3.84. The highest BCUT2D eigenvalue weighted by Crippen LogP contribution is 2.18. The molecule has 1 aromatic rings. The van der Waals surface area contributed by atoms with Crippen molar-refractivity contribution in [3.05, 3.63) is 29.8 Å². The lowest BCUT2D eigenvalue weighted by Gasteiger charge is -1.98. The van der Waals surface area contributed by atoms with E-state index in [1.165, 1.54) is 17.3 Å². The molecule has 0 aliphatic heterocycles. The first-order valence-electron chi connectivity index (χ1n) is 3.99. The molecule has 1 rings (SSSR count). The third-order valence-electron chi connectivity index (χ3n) is 1.59. The average Bonchev–Trinajstić information content (AvgIpc) is 2.05. The van der Waals surface area contributed by atoms with Gasteiger partial charge in [0.2, 0.25) is 0 Å². The molecule has 1 aromatic carbocycles. The Morgan fingerprint density at radius 1 is 1.33 bits per heavy atom. The number of benzene rings is 1. The summed E-state index contributed by atoms with van der Waals surface area (Å²) in [5, 5.41) is 0.138. The molecule has 0 saturated heterocycles. The fourth-order valence-electron chi connectivity index (χ4n) is 0.959. The van der Waals surface area contributed by atoms with E-state index in [2.05, 4.69) is 19.1 Å². The molecule has 0 bridgehead atoms. The summed E-state index contributed by atoms with van der Waals surface area (Å²) in [6, 6.07) is 8.10. The first-order chi connectivity index (χ1) is 5.72. The fourth-order valence-corrected chi connectivity index (χ4v) is 1.56. The molecule has 0 aliphatic carbocycles. The normalized spacial score (nSPS) is 9.83. The van der Waals surface area contributed by atoms with Gasteiger partial charge in [0.05, 0.1) is 0 Å². The van der Waals surface area contributed by atoms with Crippen LogP contribution >= 0.6 is 11.8 Å². The van der Waals surface area contributed by atoms with Crippen molar-refractivity contribution >= 4 is 16.9 Å². The predicted molar refractivity (Wildman–Crippen MR) is 52.4 cm³/mol. The van der Waals surface area contributed by atoms with E-state index in [-0.39, 0.29) is 5.12 Å². The van der Waals surface area contributed by atoms with Crippen LogP contribution in [-0.4, -0.2) is 5.12 Å². The van der Waals surface area contributed by atoms with Crippen molar-refractivity contribution in [2.24, 2.45) is 0 Å². The topological polar surface area (TPSA) is 17.1 Å². The monoisotopic (exact) mass is 180 g/mol. The third kappa shape index (κ3) is 2.70. The van der Waals surface area contributed by atoms with E-state index in [1.807, 2.05) is 12.1 Å². The average molecular weight is 180 g/mol. The van der Waals surface area contributed by atoms with E-state index in [0.29, 0.717) is 0 Å². The molecular formula is C10H12OS. The van der Waals surface area contributed by atoms with Gasteiger partial charge in [0.25, 0.3) is 0 Å². The minimum atomic E-state index is 0.138. The Labute approximate surface area is 77.2 Å². The molecule has 0 aliphatic rings. The SMILES string of the molecule is CCc1ccc(SC(C)=O)cc1. The Morgan fingerprint density at radius 3 is 2.33 bits per heavy atom. The second-order valence-electron chi connectivity index (χ2n) is 2.59. The fraction of sp³-hybridized carbons (Fsp3) is 0.300. The molecular weight excluding hydrogens is 168 g/mol. The summed E-state index contributed by atoms with van der Waals surface area (Å²) in [4.78, 5) is 11.8. The molecule has 0 N–H and O–H groups in total. The Hall–Kier alpha value is -0.760. The molecule has 64 valence electrons. The van der Waals surface area contributed by atoms with Crippen LogP contribution in [-0.2, 0) is 11.2 Å². The van der Waals surface area contributed by atoms with E-state index < -0.39 is 0 Å². The first kappa shape index (κ1) is 9.33. The molecule has 2 heteroatoms. The lowest BCUT2D eigenvalue weighted by Crippen LogP contribution is -1.82. The van der Waals surface area contributed by atoms with Crippen molar-refractivity contribution < 1.29 is 4.79 Å². The molecule has 0 amide bonds. The second kappa shape index (κ2) is 4.31. The van der Waals surface area contributed by atoms with Crippen LogP contribution in [0.15, 0.2) is 29.2 Å². The highest BCUT2D eigenvalue weighted by molar-refractivity contribution is 8.13. The van der Waals surface area contributed by atoms with Gasteiger partial charge in [0.15, 0.2) is 5.12 Å². The van der Waals surface area contributed by atoms with Gasteiger partial charge in [0.1, 0.15) is 0 Å². The van der Waals surface area contributed by atoms with Crippen LogP contribution in [0.3, 0.4) is 0 Å². The standard InChI is InChI=1S/C10H12OS/c1-3-9-4-6-10(7-5-9)12-8(2)11/h4-7H,3H2,1-2H3. The van der Waals surface area contributed by atoms with Crippen LogP contribution in [0.1, 0.15) is 19.4 Å². The number of thioether (sulfide) groups is 1. The molecule has 0 spiro atoms. The Morgan fingerprint density at radius 2 is 1.92 bits per heavy atom. The maximum Gasteiger partial charge on any atom is 0.190 e. The zero-order chi connectivity index (χ0) is 8.97. The maximum atomic E-state index is 10.7. The molecule has 0 atom stereocenters. The van der Waals surface area contributed by atoms with Crippen molar-refractivity contribution in [3.63, 3.8) is 0 Å². The summed E-state index contributed by atoms with van der Waals surface area (Å²) in [7, 11) is 0. The van der Waals surface area contributed by atoms with Gasteiger partial charge < -0.3 is 0 Å². The van der Waals surface area contributed by atoms with Crippen LogP contribution in [0.5, 0.6) is 0 Å².